The molecule has 0 aromatic carbocycles. The molecule has 2 rings (SSSR count). The van der Waals surface area contributed by atoms with Crippen LogP contribution in [0.25, 0.3) is 0 Å². The van der Waals surface area contributed by atoms with Gasteiger partial charge in [0.05, 0.1) is 6.54 Å². The molecular formula is C15H26N4O. The third-order valence-corrected chi connectivity index (χ3v) is 4.05. The van der Waals surface area contributed by atoms with Gasteiger partial charge in [0.25, 0.3) is 0 Å². The van der Waals surface area contributed by atoms with Gasteiger partial charge in [0.1, 0.15) is 5.82 Å². The SMILES string of the molecule is Cn1ccnc1CN(C(=O)CC(N)C(C)(C)C)C1CC1. The molecule has 20 heavy (non-hydrogen) atoms. The third kappa shape index (κ3) is 3.60. The van der Waals surface area contributed by atoms with Gasteiger partial charge in [-0.1, -0.05) is 20.8 Å². The Balaban J connectivity index is 2.02. The van der Waals surface area contributed by atoms with Crippen LogP contribution in [0, 0.1) is 5.41 Å². The van der Waals surface area contributed by atoms with Crippen LogP contribution >= 0.6 is 0 Å². The highest BCUT2D eigenvalue weighted by Crippen LogP contribution is 2.30. The Hall–Kier alpha value is -1.36. The number of carbonyl (C=O) groups excluding carboxylic acids is 1. The summed E-state index contributed by atoms with van der Waals surface area (Å²) in [5.74, 6) is 1.08. The highest BCUT2D eigenvalue weighted by molar-refractivity contribution is 5.77. The van der Waals surface area contributed by atoms with E-state index in [1.807, 2.05) is 22.7 Å². The summed E-state index contributed by atoms with van der Waals surface area (Å²) >= 11 is 0. The molecule has 5 heteroatoms. The maximum Gasteiger partial charge on any atom is 0.224 e. The van der Waals surface area contributed by atoms with Gasteiger partial charge in [0.15, 0.2) is 0 Å². The van der Waals surface area contributed by atoms with E-state index < -0.39 is 0 Å². The van der Waals surface area contributed by atoms with Gasteiger partial charge in [0.2, 0.25) is 5.91 Å². The largest absolute Gasteiger partial charge is 0.337 e. The summed E-state index contributed by atoms with van der Waals surface area (Å²) in [5, 5.41) is 0. The van der Waals surface area contributed by atoms with E-state index in [-0.39, 0.29) is 17.4 Å². The van der Waals surface area contributed by atoms with Gasteiger partial charge < -0.3 is 15.2 Å². The second-order valence-electron chi connectivity index (χ2n) is 6.88. The summed E-state index contributed by atoms with van der Waals surface area (Å²) in [5.41, 5.74) is 6.10. The fraction of sp³-hybridized carbons (Fsp3) is 0.733. The van der Waals surface area contributed by atoms with E-state index in [0.29, 0.717) is 19.0 Å². The van der Waals surface area contributed by atoms with Crippen LogP contribution in [0.5, 0.6) is 0 Å². The number of nitrogens with two attached hydrogens (primary N) is 1. The average molecular weight is 278 g/mol. The lowest BCUT2D eigenvalue weighted by Gasteiger charge is -2.29. The average Bonchev–Trinajstić information content (AvgIpc) is 3.09. The minimum Gasteiger partial charge on any atom is -0.337 e. The lowest BCUT2D eigenvalue weighted by Crippen LogP contribution is -2.42. The zero-order valence-electron chi connectivity index (χ0n) is 13.0. The Bertz CT molecular complexity index is 470. The van der Waals surface area contributed by atoms with Crippen LogP contribution < -0.4 is 5.73 Å². The monoisotopic (exact) mass is 278 g/mol. The molecular weight excluding hydrogens is 252 g/mol. The van der Waals surface area contributed by atoms with Crippen molar-refractivity contribution >= 4 is 5.91 Å². The van der Waals surface area contributed by atoms with Crippen molar-refractivity contribution in [2.75, 3.05) is 0 Å². The lowest BCUT2D eigenvalue weighted by molar-refractivity contribution is -0.133. The van der Waals surface area contributed by atoms with Crippen LogP contribution in [0.3, 0.4) is 0 Å². The summed E-state index contributed by atoms with van der Waals surface area (Å²) in [4.78, 5) is 18.8. The number of rotatable bonds is 5. The molecule has 0 spiro atoms. The Morgan fingerprint density at radius 1 is 1.55 bits per heavy atom. The van der Waals surface area contributed by atoms with Crippen molar-refractivity contribution in [3.63, 3.8) is 0 Å². The van der Waals surface area contributed by atoms with E-state index in [1.54, 1.807) is 6.20 Å². The van der Waals surface area contributed by atoms with E-state index in [9.17, 15) is 4.79 Å². The van der Waals surface area contributed by atoms with Gasteiger partial charge in [-0.2, -0.15) is 0 Å². The van der Waals surface area contributed by atoms with E-state index in [4.69, 9.17) is 5.73 Å². The molecule has 1 fully saturated rings. The molecule has 1 unspecified atom stereocenters. The normalized spacial score (nSPS) is 17.1. The minimum absolute atomic E-state index is 0.0475. The van der Waals surface area contributed by atoms with Crippen LogP contribution in [0.4, 0.5) is 0 Å². The van der Waals surface area contributed by atoms with Crippen LogP contribution in [-0.4, -0.2) is 32.4 Å². The molecule has 0 saturated heterocycles. The van der Waals surface area contributed by atoms with E-state index in [1.165, 1.54) is 0 Å². The van der Waals surface area contributed by atoms with E-state index >= 15 is 0 Å². The summed E-state index contributed by atoms with van der Waals surface area (Å²) in [7, 11) is 1.96. The fourth-order valence-electron chi connectivity index (χ4n) is 2.12. The van der Waals surface area contributed by atoms with Gasteiger partial charge in [-0.15, -0.1) is 0 Å². The molecule has 0 radical (unpaired) electrons. The Morgan fingerprint density at radius 2 is 2.20 bits per heavy atom. The van der Waals surface area contributed by atoms with Crippen molar-refractivity contribution in [1.29, 1.82) is 0 Å². The second-order valence-corrected chi connectivity index (χ2v) is 6.88. The highest BCUT2D eigenvalue weighted by atomic mass is 16.2. The van der Waals surface area contributed by atoms with Gasteiger partial charge in [-0.05, 0) is 18.3 Å². The predicted octanol–water partition coefficient (Wildman–Crippen LogP) is 1.67. The highest BCUT2D eigenvalue weighted by Gasteiger charge is 2.35. The van der Waals surface area contributed by atoms with Crippen molar-refractivity contribution in [1.82, 2.24) is 14.5 Å². The molecule has 1 atom stereocenters. The third-order valence-electron chi connectivity index (χ3n) is 4.05. The number of hydrogen-bond acceptors (Lipinski definition) is 3. The van der Waals surface area contributed by atoms with Crippen LogP contribution in [0.1, 0.15) is 45.9 Å². The Labute approximate surface area is 121 Å². The van der Waals surface area contributed by atoms with Gasteiger partial charge in [-0.25, -0.2) is 4.98 Å². The van der Waals surface area contributed by atoms with Crippen LogP contribution in [0.15, 0.2) is 12.4 Å². The summed E-state index contributed by atoms with van der Waals surface area (Å²) in [6.07, 6.45) is 6.28. The molecule has 1 amide bonds. The first-order valence-corrected chi connectivity index (χ1v) is 7.30. The Morgan fingerprint density at radius 3 is 2.65 bits per heavy atom. The predicted molar refractivity (Wildman–Crippen MR) is 78.8 cm³/mol. The summed E-state index contributed by atoms with van der Waals surface area (Å²) < 4.78 is 1.96. The molecule has 1 saturated carbocycles. The molecule has 1 aliphatic rings. The summed E-state index contributed by atoms with van der Waals surface area (Å²) in [6, 6.07) is 0.268. The summed E-state index contributed by atoms with van der Waals surface area (Å²) in [6.45, 7) is 6.81. The first-order chi connectivity index (χ1) is 9.29. The van der Waals surface area contributed by atoms with Crippen molar-refractivity contribution < 1.29 is 4.79 Å². The standard InChI is InChI=1S/C15H26N4O/c1-15(2,3)12(16)9-14(20)19(11-5-6-11)10-13-17-7-8-18(13)4/h7-8,11-12H,5-6,9-10,16H2,1-4H3. The lowest BCUT2D eigenvalue weighted by atomic mass is 9.85. The molecule has 2 N–H and O–H groups in total. The van der Waals surface area contributed by atoms with Crippen molar-refractivity contribution in [3.05, 3.63) is 18.2 Å². The molecule has 5 nitrogen and oxygen atoms in total. The van der Waals surface area contributed by atoms with Gasteiger partial charge in [-0.3, -0.25) is 4.79 Å². The zero-order chi connectivity index (χ0) is 14.9. The molecule has 0 bridgehead atoms. The molecule has 1 aliphatic carbocycles. The van der Waals surface area contributed by atoms with Crippen LogP contribution in [-0.2, 0) is 18.4 Å². The number of nitrogens with zero attached hydrogens (tertiary/aromatic N) is 3. The number of aromatic nitrogens is 2. The Kier molecular flexibility index (Phi) is 4.18. The maximum absolute atomic E-state index is 12.5. The maximum atomic E-state index is 12.5. The number of aryl methyl sites for hydroxylation is 1. The molecule has 1 aromatic rings. The second kappa shape index (κ2) is 5.56. The fourth-order valence-corrected chi connectivity index (χ4v) is 2.12. The topological polar surface area (TPSA) is 64.2 Å². The van der Waals surface area contributed by atoms with Gasteiger partial charge >= 0.3 is 0 Å². The molecule has 1 heterocycles. The van der Waals surface area contributed by atoms with Gasteiger partial charge in [0, 0.05) is 37.9 Å². The minimum atomic E-state index is -0.113. The molecule has 1 aromatic heterocycles. The number of hydrogen-bond donors (Lipinski definition) is 1. The smallest absolute Gasteiger partial charge is 0.224 e. The van der Waals surface area contributed by atoms with E-state index in [2.05, 4.69) is 25.8 Å². The van der Waals surface area contributed by atoms with Crippen LogP contribution in [0.2, 0.25) is 0 Å². The quantitative estimate of drug-likeness (QED) is 0.891. The van der Waals surface area contributed by atoms with Crippen molar-refractivity contribution in [3.8, 4) is 0 Å². The molecule has 112 valence electrons. The first-order valence-electron chi connectivity index (χ1n) is 7.30. The first kappa shape index (κ1) is 15.0. The number of imidazole rings is 1. The number of amides is 1. The van der Waals surface area contributed by atoms with E-state index in [0.717, 1.165) is 18.7 Å². The van der Waals surface area contributed by atoms with Crippen molar-refractivity contribution in [2.45, 2.75) is 58.7 Å². The number of carbonyl (C=O) groups is 1. The molecule has 0 aliphatic heterocycles. The zero-order valence-corrected chi connectivity index (χ0v) is 13.0. The van der Waals surface area contributed by atoms with Crippen molar-refractivity contribution in [2.24, 2.45) is 18.2 Å².